The summed E-state index contributed by atoms with van der Waals surface area (Å²) >= 11 is 6.07. The molecule has 5 heteroatoms. The maximum Gasteiger partial charge on any atom is 0.141 e. The molecule has 0 aliphatic carbocycles. The zero-order valence-electron chi connectivity index (χ0n) is 9.24. The van der Waals surface area contributed by atoms with Crippen LogP contribution in [0.25, 0.3) is 11.1 Å². The Balaban J connectivity index is 2.60. The number of hydrogen-bond acceptors (Lipinski definition) is 3. The van der Waals surface area contributed by atoms with Crippen LogP contribution >= 0.6 is 11.6 Å². The molecule has 0 amide bonds. The average Bonchev–Trinajstić information content (AvgIpc) is 2.36. The molecule has 0 spiro atoms. The van der Waals surface area contributed by atoms with E-state index in [1.54, 1.807) is 24.3 Å². The van der Waals surface area contributed by atoms with Gasteiger partial charge in [-0.1, -0.05) is 23.7 Å². The summed E-state index contributed by atoms with van der Waals surface area (Å²) in [5, 5.41) is 8.94. The van der Waals surface area contributed by atoms with Crippen LogP contribution in [0.15, 0.2) is 30.3 Å². The summed E-state index contributed by atoms with van der Waals surface area (Å²) in [5.41, 5.74) is 13.1. The van der Waals surface area contributed by atoms with Gasteiger partial charge in [0.1, 0.15) is 11.9 Å². The van der Waals surface area contributed by atoms with Gasteiger partial charge in [0.25, 0.3) is 0 Å². The van der Waals surface area contributed by atoms with Gasteiger partial charge in [0.2, 0.25) is 0 Å². The van der Waals surface area contributed by atoms with Crippen molar-refractivity contribution in [1.29, 1.82) is 5.26 Å². The highest BCUT2D eigenvalue weighted by Gasteiger charge is 2.11. The first-order valence-corrected chi connectivity index (χ1v) is 5.46. The molecule has 4 N–H and O–H groups in total. The number of nitriles is 1. The second-order valence-corrected chi connectivity index (χ2v) is 4.11. The molecular formula is C13H9ClFN3. The van der Waals surface area contributed by atoms with Crippen LogP contribution < -0.4 is 11.5 Å². The Morgan fingerprint density at radius 2 is 1.89 bits per heavy atom. The number of anilines is 2. The van der Waals surface area contributed by atoms with Crippen molar-refractivity contribution in [1.82, 2.24) is 0 Å². The number of benzene rings is 2. The molecule has 0 fully saturated rings. The lowest BCUT2D eigenvalue weighted by Gasteiger charge is -2.09. The van der Waals surface area contributed by atoms with Crippen molar-refractivity contribution in [3.63, 3.8) is 0 Å². The smallest absolute Gasteiger partial charge is 0.141 e. The predicted molar refractivity (Wildman–Crippen MR) is 70.4 cm³/mol. The maximum atomic E-state index is 13.5. The third-order valence-corrected chi connectivity index (χ3v) is 3.02. The molecule has 0 saturated heterocycles. The van der Waals surface area contributed by atoms with E-state index < -0.39 is 5.82 Å². The van der Waals surface area contributed by atoms with E-state index >= 15 is 0 Å². The molecule has 0 atom stereocenters. The van der Waals surface area contributed by atoms with Crippen LogP contribution in [-0.4, -0.2) is 0 Å². The first-order chi connectivity index (χ1) is 8.54. The van der Waals surface area contributed by atoms with E-state index in [-0.39, 0.29) is 16.3 Å². The second kappa shape index (κ2) is 4.55. The number of nitrogens with two attached hydrogens (primary N) is 2. The van der Waals surface area contributed by atoms with E-state index in [9.17, 15) is 4.39 Å². The highest BCUT2D eigenvalue weighted by atomic mass is 35.5. The lowest BCUT2D eigenvalue weighted by Crippen LogP contribution is -1.96. The quantitative estimate of drug-likeness (QED) is 0.774. The topological polar surface area (TPSA) is 75.8 Å². The maximum absolute atomic E-state index is 13.5. The van der Waals surface area contributed by atoms with Gasteiger partial charge in [-0.2, -0.15) is 5.26 Å². The Kier molecular flexibility index (Phi) is 3.09. The first-order valence-electron chi connectivity index (χ1n) is 5.08. The summed E-state index contributed by atoms with van der Waals surface area (Å²) in [6.07, 6.45) is 0. The van der Waals surface area contributed by atoms with Crippen LogP contribution in [0.3, 0.4) is 0 Å². The molecule has 0 saturated carbocycles. The monoisotopic (exact) mass is 261 g/mol. The summed E-state index contributed by atoms with van der Waals surface area (Å²) in [6, 6.07) is 9.27. The Morgan fingerprint density at radius 1 is 1.17 bits per heavy atom. The van der Waals surface area contributed by atoms with Gasteiger partial charge in [0, 0.05) is 5.56 Å². The lowest BCUT2D eigenvalue weighted by atomic mass is 10.0. The fourth-order valence-electron chi connectivity index (χ4n) is 1.60. The average molecular weight is 262 g/mol. The van der Waals surface area contributed by atoms with E-state index in [2.05, 4.69) is 0 Å². The Bertz CT molecular complexity index is 662. The Hall–Kier alpha value is -2.25. The second-order valence-electron chi connectivity index (χ2n) is 3.74. The van der Waals surface area contributed by atoms with Gasteiger partial charge in [-0.15, -0.1) is 0 Å². The number of rotatable bonds is 1. The largest absolute Gasteiger partial charge is 0.397 e. The van der Waals surface area contributed by atoms with Crippen LogP contribution in [-0.2, 0) is 0 Å². The first kappa shape index (κ1) is 12.2. The standard InChI is InChI=1S/C13H9ClFN3/c14-12-9(3-4-11(17)13(12)18)7-1-2-8(6-16)10(15)5-7/h1-5H,17-18H2. The number of halogens is 2. The minimum absolute atomic E-state index is 0.0155. The third kappa shape index (κ3) is 1.96. The zero-order chi connectivity index (χ0) is 13.3. The molecule has 0 aliphatic rings. The number of nitrogen functional groups attached to an aromatic ring is 2. The van der Waals surface area contributed by atoms with Crippen molar-refractivity contribution in [3.8, 4) is 17.2 Å². The molecule has 2 rings (SSSR count). The molecule has 18 heavy (non-hydrogen) atoms. The molecule has 0 unspecified atom stereocenters. The van der Waals surface area contributed by atoms with E-state index in [4.69, 9.17) is 28.3 Å². The fourth-order valence-corrected chi connectivity index (χ4v) is 1.89. The molecular weight excluding hydrogens is 253 g/mol. The van der Waals surface area contributed by atoms with Gasteiger partial charge in [0.05, 0.1) is 22.0 Å². The minimum Gasteiger partial charge on any atom is -0.397 e. The molecule has 2 aromatic rings. The molecule has 0 aliphatic heterocycles. The highest BCUT2D eigenvalue weighted by Crippen LogP contribution is 2.36. The van der Waals surface area contributed by atoms with Crippen molar-refractivity contribution in [2.75, 3.05) is 11.5 Å². The van der Waals surface area contributed by atoms with Crippen molar-refractivity contribution in [2.45, 2.75) is 0 Å². The summed E-state index contributed by atoms with van der Waals surface area (Å²) in [5.74, 6) is -0.596. The van der Waals surface area contributed by atoms with Crippen LogP contribution in [0.2, 0.25) is 5.02 Å². The molecule has 0 bridgehead atoms. The van der Waals surface area contributed by atoms with Crippen LogP contribution in [0, 0.1) is 17.1 Å². The molecule has 0 aromatic heterocycles. The molecule has 90 valence electrons. The Labute approximate surface area is 108 Å². The van der Waals surface area contributed by atoms with E-state index in [1.165, 1.54) is 12.1 Å². The third-order valence-electron chi connectivity index (χ3n) is 2.61. The lowest BCUT2D eigenvalue weighted by molar-refractivity contribution is 0.624. The van der Waals surface area contributed by atoms with Crippen LogP contribution in [0.1, 0.15) is 5.56 Å². The predicted octanol–water partition coefficient (Wildman–Crippen LogP) is 3.18. The van der Waals surface area contributed by atoms with Crippen molar-refractivity contribution in [2.24, 2.45) is 0 Å². The minimum atomic E-state index is -0.596. The molecule has 3 nitrogen and oxygen atoms in total. The summed E-state index contributed by atoms with van der Waals surface area (Å²) in [7, 11) is 0. The van der Waals surface area contributed by atoms with Crippen LogP contribution in [0.5, 0.6) is 0 Å². The van der Waals surface area contributed by atoms with Gasteiger partial charge in [-0.05, 0) is 23.8 Å². The number of nitrogens with zero attached hydrogens (tertiary/aromatic N) is 1. The van der Waals surface area contributed by atoms with Crippen LogP contribution in [0.4, 0.5) is 15.8 Å². The normalized spacial score (nSPS) is 10.1. The van der Waals surface area contributed by atoms with Gasteiger partial charge in [-0.3, -0.25) is 0 Å². The van der Waals surface area contributed by atoms with E-state index in [0.717, 1.165) is 0 Å². The SMILES string of the molecule is N#Cc1ccc(-c2ccc(N)c(N)c2Cl)cc1F. The summed E-state index contributed by atoms with van der Waals surface area (Å²) < 4.78 is 13.5. The van der Waals surface area contributed by atoms with Gasteiger partial charge < -0.3 is 11.5 Å². The van der Waals surface area contributed by atoms with Crippen molar-refractivity contribution < 1.29 is 4.39 Å². The fraction of sp³-hybridized carbons (Fsp3) is 0. The van der Waals surface area contributed by atoms with E-state index in [1.807, 2.05) is 0 Å². The Morgan fingerprint density at radius 3 is 2.50 bits per heavy atom. The number of hydrogen-bond donors (Lipinski definition) is 2. The van der Waals surface area contributed by atoms with Crippen molar-refractivity contribution >= 4 is 23.0 Å². The molecule has 0 radical (unpaired) electrons. The molecule has 0 heterocycles. The van der Waals surface area contributed by atoms with Gasteiger partial charge >= 0.3 is 0 Å². The van der Waals surface area contributed by atoms with Gasteiger partial charge in [0.15, 0.2) is 0 Å². The highest BCUT2D eigenvalue weighted by molar-refractivity contribution is 6.36. The summed E-state index contributed by atoms with van der Waals surface area (Å²) in [4.78, 5) is 0. The summed E-state index contributed by atoms with van der Waals surface area (Å²) in [6.45, 7) is 0. The van der Waals surface area contributed by atoms with Crippen molar-refractivity contribution in [3.05, 3.63) is 46.7 Å². The zero-order valence-corrected chi connectivity index (χ0v) is 10.0. The van der Waals surface area contributed by atoms with Gasteiger partial charge in [-0.25, -0.2) is 4.39 Å². The molecule has 2 aromatic carbocycles. The van der Waals surface area contributed by atoms with E-state index in [0.29, 0.717) is 16.8 Å².